The van der Waals surface area contributed by atoms with E-state index < -0.39 is 0 Å². The maximum absolute atomic E-state index is 11.2. The second kappa shape index (κ2) is 5.37. The van der Waals surface area contributed by atoms with Gasteiger partial charge in [0.2, 0.25) is 0 Å². The molecule has 0 aliphatic carbocycles. The van der Waals surface area contributed by atoms with Gasteiger partial charge in [-0.2, -0.15) is 4.37 Å². The number of hydrogen-bond donors (Lipinski definition) is 0. The Hall–Kier alpha value is -1.27. The van der Waals surface area contributed by atoms with Crippen molar-refractivity contribution in [2.75, 3.05) is 0 Å². The molecule has 4 nitrogen and oxygen atoms in total. The molecule has 17 heavy (non-hydrogen) atoms. The summed E-state index contributed by atoms with van der Waals surface area (Å²) < 4.78 is 5.06. The molecule has 2 heterocycles. The minimum Gasteiger partial charge on any atom is -0.295 e. The van der Waals surface area contributed by atoms with Crippen LogP contribution in [0.3, 0.4) is 0 Å². The third-order valence-electron chi connectivity index (χ3n) is 2.10. The summed E-state index contributed by atoms with van der Waals surface area (Å²) in [5, 5.41) is 0.775. The molecule has 0 N–H and O–H groups in total. The minimum absolute atomic E-state index is 0.0424. The molecule has 0 fully saturated rings. The number of aryl methyl sites for hydroxylation is 1. The molecule has 0 bridgehead atoms. The Morgan fingerprint density at radius 2 is 2.35 bits per heavy atom. The molecule has 0 aromatic carbocycles. The van der Waals surface area contributed by atoms with Crippen molar-refractivity contribution < 1.29 is 4.79 Å². The van der Waals surface area contributed by atoms with Crippen molar-refractivity contribution in [1.29, 1.82) is 0 Å². The molecule has 6 heteroatoms. The van der Waals surface area contributed by atoms with E-state index in [2.05, 4.69) is 14.3 Å². The zero-order valence-corrected chi connectivity index (χ0v) is 11.1. The lowest BCUT2D eigenvalue weighted by Crippen LogP contribution is -1.92. The molecule has 0 aliphatic heterocycles. The van der Waals surface area contributed by atoms with Crippen molar-refractivity contribution in [3.05, 3.63) is 29.7 Å². The quantitative estimate of drug-likeness (QED) is 0.796. The monoisotopic (exact) mass is 265 g/mol. The zero-order valence-electron chi connectivity index (χ0n) is 9.51. The minimum atomic E-state index is 0.0424. The van der Waals surface area contributed by atoms with E-state index in [0.717, 1.165) is 21.6 Å². The Bertz CT molecular complexity index is 539. The second-order valence-corrected chi connectivity index (χ2v) is 5.39. The van der Waals surface area contributed by atoms with E-state index in [1.807, 2.05) is 6.92 Å². The SMILES string of the molecule is CCc1nsc(Sc2cc(C(C)=O)ccn2)n1. The van der Waals surface area contributed by atoms with Crippen molar-refractivity contribution in [2.45, 2.75) is 29.6 Å². The van der Waals surface area contributed by atoms with Gasteiger partial charge in [-0.1, -0.05) is 6.92 Å². The zero-order chi connectivity index (χ0) is 12.3. The maximum Gasteiger partial charge on any atom is 0.176 e. The lowest BCUT2D eigenvalue weighted by Gasteiger charge is -1.98. The molecule has 2 rings (SSSR count). The first-order chi connectivity index (χ1) is 8.19. The molecule has 0 spiro atoms. The van der Waals surface area contributed by atoms with Crippen LogP contribution in [0, 0.1) is 0 Å². The van der Waals surface area contributed by atoms with Gasteiger partial charge in [0.15, 0.2) is 10.1 Å². The van der Waals surface area contributed by atoms with Crippen molar-refractivity contribution >= 4 is 29.1 Å². The molecule has 0 saturated carbocycles. The van der Waals surface area contributed by atoms with Gasteiger partial charge in [-0.05, 0) is 42.4 Å². The van der Waals surface area contributed by atoms with Gasteiger partial charge >= 0.3 is 0 Å². The number of carbonyl (C=O) groups excluding carboxylic acids is 1. The van der Waals surface area contributed by atoms with Gasteiger partial charge < -0.3 is 0 Å². The number of hydrogen-bond acceptors (Lipinski definition) is 6. The summed E-state index contributed by atoms with van der Waals surface area (Å²) in [4.78, 5) is 19.8. The summed E-state index contributed by atoms with van der Waals surface area (Å²) in [6.45, 7) is 3.56. The van der Waals surface area contributed by atoms with Crippen LogP contribution in [0.25, 0.3) is 0 Å². The summed E-state index contributed by atoms with van der Waals surface area (Å²) in [5.74, 6) is 0.890. The first-order valence-corrected chi connectivity index (χ1v) is 6.75. The van der Waals surface area contributed by atoms with Crippen molar-refractivity contribution in [1.82, 2.24) is 14.3 Å². The van der Waals surface area contributed by atoms with Crippen molar-refractivity contribution in [3.63, 3.8) is 0 Å². The van der Waals surface area contributed by atoms with Crippen molar-refractivity contribution in [2.24, 2.45) is 0 Å². The fraction of sp³-hybridized carbons (Fsp3) is 0.273. The number of ketones is 1. The molecule has 2 aromatic rings. The van der Waals surface area contributed by atoms with Gasteiger partial charge in [-0.15, -0.1) is 0 Å². The predicted octanol–water partition coefficient (Wildman–Crippen LogP) is 2.85. The standard InChI is InChI=1S/C11H11N3OS2/c1-3-9-13-11(17-14-9)16-10-6-8(7(2)15)4-5-12-10/h4-6H,3H2,1-2H3. The van der Waals surface area contributed by atoms with Gasteiger partial charge in [-0.25, -0.2) is 9.97 Å². The van der Waals surface area contributed by atoms with E-state index >= 15 is 0 Å². The number of carbonyl (C=O) groups is 1. The lowest BCUT2D eigenvalue weighted by molar-refractivity contribution is 0.101. The van der Waals surface area contributed by atoms with Crippen LogP contribution in [0.1, 0.15) is 30.0 Å². The average Bonchev–Trinajstić information content (AvgIpc) is 2.77. The van der Waals surface area contributed by atoms with E-state index in [1.165, 1.54) is 23.3 Å². The highest BCUT2D eigenvalue weighted by atomic mass is 32.2. The van der Waals surface area contributed by atoms with E-state index in [0.29, 0.717) is 5.56 Å². The van der Waals surface area contributed by atoms with Crippen LogP contribution >= 0.6 is 23.3 Å². The molecule has 2 aromatic heterocycles. The topological polar surface area (TPSA) is 55.7 Å². The van der Waals surface area contributed by atoms with E-state index in [-0.39, 0.29) is 5.78 Å². The van der Waals surface area contributed by atoms with Gasteiger partial charge in [-0.3, -0.25) is 4.79 Å². The van der Waals surface area contributed by atoms with E-state index in [9.17, 15) is 4.79 Å². The van der Waals surface area contributed by atoms with Crippen LogP contribution in [-0.4, -0.2) is 20.1 Å². The predicted molar refractivity (Wildman–Crippen MR) is 67.7 cm³/mol. The molecular formula is C11H11N3OS2. The normalized spacial score (nSPS) is 10.5. The number of nitrogens with zero attached hydrogens (tertiary/aromatic N) is 3. The summed E-state index contributed by atoms with van der Waals surface area (Å²) in [5.41, 5.74) is 0.669. The van der Waals surface area contributed by atoms with Gasteiger partial charge in [0, 0.05) is 18.2 Å². The molecule has 0 aliphatic rings. The summed E-state index contributed by atoms with van der Waals surface area (Å²) >= 11 is 2.80. The Kier molecular flexibility index (Phi) is 3.86. The Morgan fingerprint density at radius 1 is 1.53 bits per heavy atom. The van der Waals surface area contributed by atoms with Gasteiger partial charge in [0.05, 0.1) is 0 Å². The number of pyridine rings is 1. The molecular weight excluding hydrogens is 254 g/mol. The summed E-state index contributed by atoms with van der Waals surface area (Å²) in [6, 6.07) is 3.49. The molecule has 0 radical (unpaired) electrons. The van der Waals surface area contributed by atoms with Crippen LogP contribution in [0.5, 0.6) is 0 Å². The molecule has 88 valence electrons. The number of rotatable bonds is 4. The number of aromatic nitrogens is 3. The Morgan fingerprint density at radius 3 is 3.00 bits per heavy atom. The Balaban J connectivity index is 2.18. The van der Waals surface area contributed by atoms with E-state index in [4.69, 9.17) is 0 Å². The lowest BCUT2D eigenvalue weighted by atomic mass is 10.2. The highest BCUT2D eigenvalue weighted by molar-refractivity contribution is 8.00. The van der Waals surface area contributed by atoms with Crippen molar-refractivity contribution in [3.8, 4) is 0 Å². The van der Waals surface area contributed by atoms with E-state index in [1.54, 1.807) is 25.3 Å². The molecule has 0 amide bonds. The second-order valence-electron chi connectivity index (χ2n) is 3.37. The van der Waals surface area contributed by atoms with Crippen LogP contribution in [-0.2, 0) is 6.42 Å². The summed E-state index contributed by atoms with van der Waals surface area (Å²) in [7, 11) is 0. The first kappa shape index (κ1) is 12.2. The van der Waals surface area contributed by atoms with Crippen LogP contribution in [0.15, 0.2) is 27.7 Å². The van der Waals surface area contributed by atoms with Gasteiger partial charge in [0.25, 0.3) is 0 Å². The molecule has 0 atom stereocenters. The Labute approximate surface area is 108 Å². The molecule has 0 saturated heterocycles. The summed E-state index contributed by atoms with van der Waals surface area (Å²) in [6.07, 6.45) is 2.47. The largest absolute Gasteiger partial charge is 0.295 e. The third-order valence-corrected chi connectivity index (χ3v) is 3.82. The van der Waals surface area contributed by atoms with Crippen LogP contribution in [0.2, 0.25) is 0 Å². The number of Topliss-reactive ketones (excluding diaryl/α,β-unsaturated/α-hetero) is 1. The fourth-order valence-electron chi connectivity index (χ4n) is 1.20. The smallest absolute Gasteiger partial charge is 0.176 e. The van der Waals surface area contributed by atoms with Gasteiger partial charge in [0.1, 0.15) is 10.9 Å². The highest BCUT2D eigenvalue weighted by Gasteiger charge is 2.07. The fourth-order valence-corrected chi connectivity index (χ4v) is 2.84. The highest BCUT2D eigenvalue weighted by Crippen LogP contribution is 2.27. The van der Waals surface area contributed by atoms with Crippen LogP contribution < -0.4 is 0 Å². The van der Waals surface area contributed by atoms with Crippen LogP contribution in [0.4, 0.5) is 0 Å². The third kappa shape index (κ3) is 3.10. The first-order valence-electron chi connectivity index (χ1n) is 5.16. The maximum atomic E-state index is 11.2. The average molecular weight is 265 g/mol. The molecule has 0 unspecified atom stereocenters.